The van der Waals surface area contributed by atoms with Crippen molar-refractivity contribution in [3.63, 3.8) is 0 Å². The summed E-state index contributed by atoms with van der Waals surface area (Å²) < 4.78 is 20.9. The number of urea groups is 1. The van der Waals surface area contributed by atoms with Gasteiger partial charge in [0, 0.05) is 105 Å². The van der Waals surface area contributed by atoms with Crippen molar-refractivity contribution in [2.24, 2.45) is 5.41 Å². The average Bonchev–Trinajstić information content (AvgIpc) is 3.88. The molecule has 0 saturated carbocycles. The molecule has 0 aliphatic carbocycles. The fraction of sp³-hybridized carbons (Fsp3) is 0.587. The van der Waals surface area contributed by atoms with Gasteiger partial charge in [-0.1, -0.05) is 19.9 Å². The summed E-state index contributed by atoms with van der Waals surface area (Å²) in [5.41, 5.74) is 10.6. The molecule has 63 heavy (non-hydrogen) atoms. The lowest BCUT2D eigenvalue weighted by Gasteiger charge is -2.41. The van der Waals surface area contributed by atoms with E-state index in [2.05, 4.69) is 82.5 Å². The van der Waals surface area contributed by atoms with Crippen molar-refractivity contribution in [3.05, 3.63) is 52.1 Å². The molecule has 1 aromatic carbocycles. The molecule has 4 aliphatic heterocycles. The summed E-state index contributed by atoms with van der Waals surface area (Å²) in [5.74, 6) is -0.832. The Balaban J connectivity index is 1.28. The third-order valence-electron chi connectivity index (χ3n) is 13.1. The van der Waals surface area contributed by atoms with Crippen LogP contribution in [0.5, 0.6) is 0 Å². The summed E-state index contributed by atoms with van der Waals surface area (Å²) in [5, 5.41) is 11.3. The number of nitrogens with zero attached hydrogens (tertiary/aromatic N) is 7. The third-order valence-corrected chi connectivity index (χ3v) is 14.0. The van der Waals surface area contributed by atoms with Gasteiger partial charge in [-0.3, -0.25) is 19.6 Å². The number of carbonyl (C=O) groups excluding carboxylic acids is 3. The van der Waals surface area contributed by atoms with Crippen molar-refractivity contribution in [1.29, 1.82) is 0 Å². The number of likely N-dealkylation sites (N-methyl/N-ethyl adjacent to an activating group) is 2. The van der Waals surface area contributed by atoms with Gasteiger partial charge in [-0.05, 0) is 77.9 Å². The molecule has 6 bridgehead atoms. The Kier molecular flexibility index (Phi) is 13.4. The molecule has 7 heterocycles. The van der Waals surface area contributed by atoms with Crippen LogP contribution in [-0.2, 0) is 36.8 Å². The SMILES string of the molecule is CCO[C@@H]1c2nc(cs2)-c2ccc3c(c2)c(c(-c2cc(N4CCN(C)CC4)cnc2[C@H](C)OC)n3CC)CC(C)(C)COC(=O)[C@@H]2CCCN(N2)C(=O)[C@H]1NC(=O)N1CC(NC)C1. The molecule has 0 unspecified atom stereocenters. The van der Waals surface area contributed by atoms with Crippen molar-refractivity contribution in [2.45, 2.75) is 90.8 Å². The molecule has 3 N–H and O–H groups in total. The van der Waals surface area contributed by atoms with E-state index in [1.807, 2.05) is 32.5 Å². The Morgan fingerprint density at radius 3 is 2.60 bits per heavy atom. The Morgan fingerprint density at radius 2 is 1.89 bits per heavy atom. The minimum absolute atomic E-state index is 0.154. The smallest absolute Gasteiger partial charge is 0.324 e. The average molecular weight is 885 g/mol. The van der Waals surface area contributed by atoms with Crippen LogP contribution in [-0.4, -0.2) is 146 Å². The number of aromatic nitrogens is 3. The molecule has 8 rings (SSSR count). The fourth-order valence-electron chi connectivity index (χ4n) is 9.26. The maximum absolute atomic E-state index is 14.6. The zero-order valence-electron chi connectivity index (χ0n) is 38.0. The molecule has 3 aromatic heterocycles. The van der Waals surface area contributed by atoms with E-state index in [0.29, 0.717) is 50.4 Å². The summed E-state index contributed by atoms with van der Waals surface area (Å²) in [7, 11) is 5.75. The summed E-state index contributed by atoms with van der Waals surface area (Å²) >= 11 is 1.40. The Morgan fingerprint density at radius 1 is 1.11 bits per heavy atom. The Hall–Kier alpha value is -4.65. The number of methoxy groups -OCH3 is 1. The molecule has 3 amide bonds. The van der Waals surface area contributed by atoms with Gasteiger partial charge in [-0.25, -0.2) is 15.2 Å². The predicted molar refractivity (Wildman–Crippen MR) is 245 cm³/mol. The minimum Gasteiger partial charge on any atom is -0.464 e. The second-order valence-electron chi connectivity index (χ2n) is 18.1. The fourth-order valence-corrected chi connectivity index (χ4v) is 10.2. The van der Waals surface area contributed by atoms with E-state index < -0.39 is 35.5 Å². The highest BCUT2D eigenvalue weighted by molar-refractivity contribution is 7.10. The van der Waals surface area contributed by atoms with E-state index in [1.54, 1.807) is 12.0 Å². The maximum Gasteiger partial charge on any atom is 0.324 e. The Labute approximate surface area is 374 Å². The van der Waals surface area contributed by atoms with Crippen LogP contribution in [0.25, 0.3) is 33.4 Å². The first-order chi connectivity index (χ1) is 30.3. The van der Waals surface area contributed by atoms with Crippen LogP contribution in [0.3, 0.4) is 0 Å². The molecule has 0 spiro atoms. The van der Waals surface area contributed by atoms with Gasteiger partial charge in [0.05, 0.1) is 41.7 Å². The summed E-state index contributed by atoms with van der Waals surface area (Å²) in [6.45, 7) is 16.6. The van der Waals surface area contributed by atoms with Gasteiger partial charge in [0.1, 0.15) is 23.2 Å². The molecular weight excluding hydrogens is 821 g/mol. The van der Waals surface area contributed by atoms with Crippen molar-refractivity contribution in [2.75, 3.05) is 85.1 Å². The van der Waals surface area contributed by atoms with Gasteiger partial charge in [0.25, 0.3) is 5.91 Å². The maximum atomic E-state index is 14.6. The van der Waals surface area contributed by atoms with Gasteiger partial charge in [-0.15, -0.1) is 11.3 Å². The van der Waals surface area contributed by atoms with Gasteiger partial charge >= 0.3 is 12.0 Å². The van der Waals surface area contributed by atoms with Crippen molar-refractivity contribution in [1.82, 2.24) is 45.4 Å². The van der Waals surface area contributed by atoms with Crippen molar-refractivity contribution in [3.8, 4) is 22.5 Å². The predicted octanol–water partition coefficient (Wildman–Crippen LogP) is 4.99. The van der Waals surface area contributed by atoms with E-state index >= 15 is 0 Å². The quantitative estimate of drug-likeness (QED) is 0.194. The molecule has 4 atom stereocenters. The largest absolute Gasteiger partial charge is 0.464 e. The normalized spacial score (nSPS) is 23.0. The van der Waals surface area contributed by atoms with Crippen LogP contribution in [0.15, 0.2) is 35.8 Å². The van der Waals surface area contributed by atoms with E-state index in [0.717, 1.165) is 76.5 Å². The number of rotatable bonds is 9. The number of hydrogen-bond donors (Lipinski definition) is 3. The highest BCUT2D eigenvalue weighted by Gasteiger charge is 2.42. The van der Waals surface area contributed by atoms with Crippen LogP contribution in [0, 0.1) is 5.41 Å². The third kappa shape index (κ3) is 9.18. The molecule has 17 heteroatoms. The number of anilines is 1. The van der Waals surface area contributed by atoms with Gasteiger partial charge in [0.15, 0.2) is 0 Å². The van der Waals surface area contributed by atoms with Crippen LogP contribution >= 0.6 is 11.3 Å². The first kappa shape index (κ1) is 44.9. The summed E-state index contributed by atoms with van der Waals surface area (Å²) in [4.78, 5) is 59.0. The zero-order valence-corrected chi connectivity index (χ0v) is 38.8. The van der Waals surface area contributed by atoms with E-state index in [-0.39, 0.29) is 31.4 Å². The molecule has 4 aliphatic rings. The van der Waals surface area contributed by atoms with Crippen LogP contribution in [0.2, 0.25) is 0 Å². The number of hydrazine groups is 1. The standard InChI is InChI=1S/C46H64N10O6S/c1-9-55-37-14-13-29-20-32(37)34(40(55)33-21-31(23-48-38(33)28(3)60-8)53-18-16-52(7)17-19-53)22-46(4,5)27-62-44(58)35-12-11-15-56(51-35)43(57)39(50-45(59)54-24-30(25-54)47-6)41(61-10-2)42-49-36(29)26-63-42/h13-14,20-21,23,26,28,30,35,39,41,47,51H,9-12,15-19,22,24-25,27H2,1-8H3,(H,50,59)/t28-,35-,39-,41-/m0/s1. The van der Waals surface area contributed by atoms with Crippen molar-refractivity contribution < 1.29 is 28.6 Å². The summed E-state index contributed by atoms with van der Waals surface area (Å²) in [6.07, 6.45) is 2.48. The Bertz CT molecular complexity index is 2300. The number of thiazole rings is 1. The van der Waals surface area contributed by atoms with Gasteiger partial charge < -0.3 is 44.1 Å². The van der Waals surface area contributed by atoms with Crippen molar-refractivity contribution >= 4 is 45.8 Å². The van der Waals surface area contributed by atoms with E-state index in [9.17, 15) is 14.4 Å². The number of carbonyl (C=O) groups is 3. The number of piperazine rings is 1. The number of esters is 1. The first-order valence-electron chi connectivity index (χ1n) is 22.5. The van der Waals surface area contributed by atoms with E-state index in [4.69, 9.17) is 24.2 Å². The lowest BCUT2D eigenvalue weighted by Crippen LogP contribution is -2.65. The number of nitrogens with one attached hydrogen (secondary N) is 3. The number of aryl methyl sites for hydroxylation is 1. The van der Waals surface area contributed by atoms with Crippen LogP contribution < -0.4 is 21.0 Å². The first-order valence-corrected chi connectivity index (χ1v) is 23.4. The lowest BCUT2D eigenvalue weighted by atomic mass is 9.84. The lowest BCUT2D eigenvalue weighted by molar-refractivity contribution is -0.156. The number of cyclic esters (lactones) is 1. The summed E-state index contributed by atoms with van der Waals surface area (Å²) in [6, 6.07) is 6.72. The highest BCUT2D eigenvalue weighted by atomic mass is 32.1. The highest BCUT2D eigenvalue weighted by Crippen LogP contribution is 2.43. The number of amides is 3. The molecule has 3 saturated heterocycles. The van der Waals surface area contributed by atoms with Gasteiger partial charge in [0.2, 0.25) is 0 Å². The second-order valence-corrected chi connectivity index (χ2v) is 19.0. The molecule has 0 radical (unpaired) electrons. The number of fused-ring (bicyclic) bond motifs is 6. The van der Waals surface area contributed by atoms with Crippen LogP contribution in [0.4, 0.5) is 10.5 Å². The zero-order chi connectivity index (χ0) is 44.6. The number of hydrogen-bond acceptors (Lipinski definition) is 13. The second kappa shape index (κ2) is 18.8. The molecule has 340 valence electrons. The minimum atomic E-state index is -1.13. The van der Waals surface area contributed by atoms with E-state index in [1.165, 1.54) is 16.3 Å². The number of pyridine rings is 1. The topological polar surface area (TPSA) is 159 Å². The number of ether oxygens (including phenoxy) is 3. The number of likely N-dealkylation sites (tertiary alicyclic amines) is 1. The monoisotopic (exact) mass is 884 g/mol. The molecule has 16 nitrogen and oxygen atoms in total. The molecule has 4 aromatic rings. The number of benzene rings is 1. The molecule has 3 fully saturated rings. The van der Waals surface area contributed by atoms with Gasteiger partial charge in [-0.2, -0.15) is 0 Å². The van der Waals surface area contributed by atoms with Crippen LogP contribution in [0.1, 0.15) is 75.9 Å². The molecular formula is C46H64N10O6S.